The molecule has 0 radical (unpaired) electrons. The molecule has 4 rings (SSSR count). The van der Waals surface area contributed by atoms with Crippen molar-refractivity contribution in [2.24, 2.45) is 11.3 Å². The molecule has 19 atom stereocenters. The third-order valence-electron chi connectivity index (χ3n) is 9.39. The van der Waals surface area contributed by atoms with Crippen molar-refractivity contribution in [2.75, 3.05) is 26.4 Å². The van der Waals surface area contributed by atoms with E-state index in [0.717, 1.165) is 0 Å². The van der Waals surface area contributed by atoms with E-state index in [1.54, 1.807) is 13.8 Å². The third-order valence-corrected chi connectivity index (χ3v) is 9.39. The van der Waals surface area contributed by atoms with E-state index in [1.807, 2.05) is 0 Å². The predicted octanol–water partition coefficient (Wildman–Crippen LogP) is -6.81. The molecule has 0 aromatic carbocycles. The Kier molecular flexibility index (Phi) is 12.8. The Bertz CT molecular complexity index is 950. The van der Waals surface area contributed by atoms with Gasteiger partial charge in [0.25, 0.3) is 0 Å². The van der Waals surface area contributed by atoms with E-state index < -0.39 is 148 Å². The maximum Gasteiger partial charge on any atom is 0.189 e. The van der Waals surface area contributed by atoms with Gasteiger partial charge < -0.3 is 94.4 Å². The summed E-state index contributed by atoms with van der Waals surface area (Å²) >= 11 is 0. The van der Waals surface area contributed by atoms with Crippen molar-refractivity contribution in [1.29, 1.82) is 0 Å². The maximum atomic E-state index is 10.9. The number of rotatable bonds is 10. The highest BCUT2D eigenvalue weighted by atomic mass is 16.8. The highest BCUT2D eigenvalue weighted by Crippen LogP contribution is 2.39. The molecule has 0 bridgehead atoms. The van der Waals surface area contributed by atoms with Gasteiger partial charge in [0.1, 0.15) is 61.0 Å². The first-order valence-electron chi connectivity index (χ1n) is 15.1. The largest absolute Gasteiger partial charge is 0.394 e. The Morgan fingerprint density at radius 3 is 1.30 bits per heavy atom. The first kappa shape index (κ1) is 38.0. The Balaban J connectivity index is 1.43. The van der Waals surface area contributed by atoms with E-state index in [2.05, 4.69) is 0 Å². The van der Waals surface area contributed by atoms with Crippen LogP contribution in [0.4, 0.5) is 0 Å². The third kappa shape index (κ3) is 7.24. The van der Waals surface area contributed by atoms with Crippen molar-refractivity contribution in [1.82, 2.24) is 0 Å². The average Bonchev–Trinajstić information content (AvgIpc) is 3.03. The summed E-state index contributed by atoms with van der Waals surface area (Å²) in [5.74, 6) is -0.674. The first-order chi connectivity index (χ1) is 21.6. The normalized spacial score (nSPS) is 51.6. The zero-order valence-corrected chi connectivity index (χ0v) is 25.5. The molecule has 46 heavy (non-hydrogen) atoms. The highest BCUT2D eigenvalue weighted by molar-refractivity contribution is 4.98. The van der Waals surface area contributed by atoms with Crippen LogP contribution in [0.2, 0.25) is 0 Å². The molecule has 4 aliphatic heterocycles. The fourth-order valence-electron chi connectivity index (χ4n) is 6.09. The summed E-state index contributed by atoms with van der Waals surface area (Å²) in [6.07, 6.45) is -28.6. The van der Waals surface area contributed by atoms with E-state index in [-0.39, 0.29) is 0 Å². The van der Waals surface area contributed by atoms with Crippen LogP contribution in [-0.2, 0) is 33.2 Å². The van der Waals surface area contributed by atoms with Crippen molar-refractivity contribution in [3.05, 3.63) is 0 Å². The van der Waals surface area contributed by atoms with Crippen molar-refractivity contribution in [3.63, 3.8) is 0 Å². The van der Waals surface area contributed by atoms with Crippen LogP contribution in [0, 0.1) is 11.3 Å². The molecule has 19 unspecified atom stereocenters. The Labute approximate surface area is 264 Å². The van der Waals surface area contributed by atoms with Gasteiger partial charge in [-0.05, 0) is 0 Å². The molecule has 0 saturated carbocycles. The van der Waals surface area contributed by atoms with E-state index in [1.165, 1.54) is 6.92 Å². The van der Waals surface area contributed by atoms with Gasteiger partial charge in [-0.1, -0.05) is 20.8 Å². The smallest absolute Gasteiger partial charge is 0.189 e. The summed E-state index contributed by atoms with van der Waals surface area (Å²) in [4.78, 5) is 0. The molecule has 12 N–H and O–H groups in total. The SMILES string of the molecule is CC1C(CO)OC(OC2OC(CO)C(OC3OC(CO)C(OC4OC(CO)C(C)(C)C(O)C4O)C(O)C3O)C(O)C2O)C(O)C1O. The maximum absolute atomic E-state index is 10.9. The second-order valence-corrected chi connectivity index (χ2v) is 12.7. The molecule has 4 heterocycles. The Hall–Kier alpha value is -0.760. The predicted molar refractivity (Wildman–Crippen MR) is 145 cm³/mol. The molecule has 0 aliphatic carbocycles. The lowest BCUT2D eigenvalue weighted by molar-refractivity contribution is -0.396. The molecule has 4 fully saturated rings. The second kappa shape index (κ2) is 15.4. The van der Waals surface area contributed by atoms with Gasteiger partial charge in [0, 0.05) is 11.3 Å². The molecule has 270 valence electrons. The second-order valence-electron chi connectivity index (χ2n) is 12.7. The van der Waals surface area contributed by atoms with Crippen LogP contribution >= 0.6 is 0 Å². The van der Waals surface area contributed by atoms with Crippen molar-refractivity contribution in [2.45, 2.75) is 131 Å². The van der Waals surface area contributed by atoms with Gasteiger partial charge in [-0.3, -0.25) is 0 Å². The summed E-state index contributed by atoms with van der Waals surface area (Å²) < 4.78 is 39.0. The Morgan fingerprint density at radius 2 is 0.870 bits per heavy atom. The van der Waals surface area contributed by atoms with Crippen molar-refractivity contribution < 1.29 is 94.4 Å². The standard InChI is InChI=1S/C27H48O19/c1-8-9(4-28)40-24(16(35)13(8)32)46-25-18(37)15(34)20(11(6-30)42-25)44-23-17(36)14(33)21(10(5-29)41-23)45-26-19(38)22(39)27(2,3)12(7-31)43-26/h8-26,28-39H,4-7H2,1-3H3. The fourth-order valence-corrected chi connectivity index (χ4v) is 6.09. The van der Waals surface area contributed by atoms with Crippen LogP contribution in [0.5, 0.6) is 0 Å². The summed E-state index contributed by atoms with van der Waals surface area (Å²) in [5, 5.41) is 125. The average molecular weight is 677 g/mol. The van der Waals surface area contributed by atoms with Crippen LogP contribution < -0.4 is 0 Å². The molecular weight excluding hydrogens is 628 g/mol. The lowest BCUT2D eigenvalue weighted by Gasteiger charge is -2.50. The quantitative estimate of drug-likeness (QED) is 0.102. The lowest BCUT2D eigenvalue weighted by Crippen LogP contribution is -2.67. The summed E-state index contributed by atoms with van der Waals surface area (Å²) in [7, 11) is 0. The number of aliphatic hydroxyl groups is 12. The minimum Gasteiger partial charge on any atom is -0.394 e. The minimum absolute atomic E-state index is 0.523. The summed E-state index contributed by atoms with van der Waals surface area (Å²) in [5.41, 5.74) is -1.09. The van der Waals surface area contributed by atoms with E-state index >= 15 is 0 Å². The molecule has 4 aliphatic rings. The molecule has 19 heteroatoms. The van der Waals surface area contributed by atoms with Crippen LogP contribution in [-0.4, -0.2) is 198 Å². The van der Waals surface area contributed by atoms with Gasteiger partial charge in [0.2, 0.25) is 0 Å². The minimum atomic E-state index is -1.95. The molecule has 19 nitrogen and oxygen atoms in total. The van der Waals surface area contributed by atoms with Crippen LogP contribution in [0.15, 0.2) is 0 Å². The molecule has 0 spiro atoms. The van der Waals surface area contributed by atoms with Crippen molar-refractivity contribution in [3.8, 4) is 0 Å². The van der Waals surface area contributed by atoms with Crippen molar-refractivity contribution >= 4 is 0 Å². The van der Waals surface area contributed by atoms with Crippen LogP contribution in [0.25, 0.3) is 0 Å². The van der Waals surface area contributed by atoms with Crippen LogP contribution in [0.1, 0.15) is 20.8 Å². The Morgan fingerprint density at radius 1 is 0.478 bits per heavy atom. The molecular formula is C27H48O19. The number of ether oxygens (including phenoxy) is 7. The van der Waals surface area contributed by atoms with Gasteiger partial charge in [0.15, 0.2) is 25.2 Å². The number of hydrogen-bond acceptors (Lipinski definition) is 19. The van der Waals surface area contributed by atoms with Gasteiger partial charge in [0.05, 0.1) is 50.8 Å². The van der Waals surface area contributed by atoms with E-state index in [4.69, 9.17) is 33.2 Å². The molecule has 0 aromatic rings. The zero-order chi connectivity index (χ0) is 34.2. The lowest BCUT2D eigenvalue weighted by atomic mass is 9.76. The van der Waals surface area contributed by atoms with Gasteiger partial charge in [-0.15, -0.1) is 0 Å². The van der Waals surface area contributed by atoms with Gasteiger partial charge in [-0.25, -0.2) is 0 Å². The van der Waals surface area contributed by atoms with Gasteiger partial charge in [-0.2, -0.15) is 0 Å². The molecule has 0 amide bonds. The topological polar surface area (TPSA) is 307 Å². The fraction of sp³-hybridized carbons (Fsp3) is 1.00. The van der Waals surface area contributed by atoms with Crippen LogP contribution in [0.3, 0.4) is 0 Å². The van der Waals surface area contributed by atoms with E-state index in [0.29, 0.717) is 0 Å². The number of aliphatic hydroxyl groups excluding tert-OH is 12. The summed E-state index contributed by atoms with van der Waals surface area (Å²) in [6.45, 7) is 1.90. The summed E-state index contributed by atoms with van der Waals surface area (Å²) in [6, 6.07) is 0. The monoisotopic (exact) mass is 676 g/mol. The van der Waals surface area contributed by atoms with Gasteiger partial charge >= 0.3 is 0 Å². The number of hydrogen-bond donors (Lipinski definition) is 12. The highest BCUT2D eigenvalue weighted by Gasteiger charge is 2.55. The first-order valence-corrected chi connectivity index (χ1v) is 15.1. The molecule has 0 aromatic heterocycles. The van der Waals surface area contributed by atoms with E-state index in [9.17, 15) is 61.3 Å². The molecule has 4 saturated heterocycles. The zero-order valence-electron chi connectivity index (χ0n) is 25.5.